The highest BCUT2D eigenvalue weighted by Gasteiger charge is 2.20. The molecule has 7 nitrogen and oxygen atoms in total. The summed E-state index contributed by atoms with van der Waals surface area (Å²) in [6.45, 7) is 3.91. The number of hydrogen-bond donors (Lipinski definition) is 2. The molecule has 2 heterocycles. The van der Waals surface area contributed by atoms with Gasteiger partial charge in [-0.05, 0) is 13.8 Å². The minimum atomic E-state index is -0.252. The van der Waals surface area contributed by atoms with Gasteiger partial charge in [-0.1, -0.05) is 5.16 Å². The van der Waals surface area contributed by atoms with Gasteiger partial charge in [0.1, 0.15) is 11.5 Å². The average molecular weight is 249 g/mol. The monoisotopic (exact) mass is 249 g/mol. The molecule has 0 aromatic carbocycles. The molecule has 1 amide bonds. The molecule has 0 atom stereocenters. The summed E-state index contributed by atoms with van der Waals surface area (Å²) in [5, 5.41) is 10.4. The third-order valence-electron chi connectivity index (χ3n) is 2.62. The molecule has 2 aromatic rings. The van der Waals surface area contributed by atoms with E-state index in [1.807, 2.05) is 0 Å². The van der Waals surface area contributed by atoms with Gasteiger partial charge in [-0.3, -0.25) is 9.89 Å². The van der Waals surface area contributed by atoms with Crippen LogP contribution in [-0.2, 0) is 6.54 Å². The summed E-state index contributed by atoms with van der Waals surface area (Å²) in [5.74, 6) is 0.457. The number of hydrogen-bond acceptors (Lipinski definition) is 5. The SMILES string of the molecule is Cc1cc(CN(C)C(=O)c2n[nH]c(C)c2N)no1. The van der Waals surface area contributed by atoms with E-state index in [1.54, 1.807) is 27.0 Å². The third-order valence-corrected chi connectivity index (χ3v) is 2.62. The van der Waals surface area contributed by atoms with Crippen molar-refractivity contribution in [3.8, 4) is 0 Å². The summed E-state index contributed by atoms with van der Waals surface area (Å²) in [7, 11) is 1.66. The van der Waals surface area contributed by atoms with Gasteiger partial charge >= 0.3 is 0 Å². The highest BCUT2D eigenvalue weighted by Crippen LogP contribution is 2.15. The van der Waals surface area contributed by atoms with E-state index in [9.17, 15) is 4.79 Å². The molecule has 2 rings (SSSR count). The fourth-order valence-corrected chi connectivity index (χ4v) is 1.59. The van der Waals surface area contributed by atoms with Gasteiger partial charge in [0.15, 0.2) is 5.69 Å². The van der Waals surface area contributed by atoms with Crippen LogP contribution in [0, 0.1) is 13.8 Å². The molecule has 0 saturated carbocycles. The predicted molar refractivity (Wildman–Crippen MR) is 64.8 cm³/mol. The van der Waals surface area contributed by atoms with Crippen molar-refractivity contribution in [3.63, 3.8) is 0 Å². The van der Waals surface area contributed by atoms with Crippen LogP contribution in [0.4, 0.5) is 5.69 Å². The first-order valence-electron chi connectivity index (χ1n) is 5.47. The van der Waals surface area contributed by atoms with E-state index in [-0.39, 0.29) is 11.6 Å². The zero-order chi connectivity index (χ0) is 13.3. The molecule has 0 aliphatic carbocycles. The van der Waals surface area contributed by atoms with Gasteiger partial charge in [-0.2, -0.15) is 5.10 Å². The molecule has 0 radical (unpaired) electrons. The molecule has 0 aliphatic rings. The summed E-state index contributed by atoms with van der Waals surface area (Å²) in [5.41, 5.74) is 7.75. The lowest BCUT2D eigenvalue weighted by molar-refractivity contribution is 0.0777. The van der Waals surface area contributed by atoms with E-state index >= 15 is 0 Å². The number of aromatic amines is 1. The average Bonchev–Trinajstić information content (AvgIpc) is 2.87. The quantitative estimate of drug-likeness (QED) is 0.840. The summed E-state index contributed by atoms with van der Waals surface area (Å²) in [4.78, 5) is 13.6. The molecule has 7 heteroatoms. The number of aromatic nitrogens is 3. The van der Waals surface area contributed by atoms with Crippen LogP contribution in [0.25, 0.3) is 0 Å². The molecule has 96 valence electrons. The molecule has 2 aromatic heterocycles. The van der Waals surface area contributed by atoms with Crippen molar-refractivity contribution in [2.45, 2.75) is 20.4 Å². The molecule has 0 aliphatic heterocycles. The second-order valence-electron chi connectivity index (χ2n) is 4.20. The normalized spacial score (nSPS) is 10.6. The molecule has 18 heavy (non-hydrogen) atoms. The molecule has 3 N–H and O–H groups in total. The zero-order valence-corrected chi connectivity index (χ0v) is 10.5. The first-order chi connectivity index (χ1) is 8.49. The fraction of sp³-hybridized carbons (Fsp3) is 0.364. The molecule has 0 unspecified atom stereocenters. The number of aryl methyl sites for hydroxylation is 2. The minimum Gasteiger partial charge on any atom is -0.395 e. The number of H-pyrrole nitrogens is 1. The number of nitrogens with two attached hydrogens (primary N) is 1. The van der Waals surface area contributed by atoms with Crippen LogP contribution in [0.5, 0.6) is 0 Å². The standard InChI is InChI=1S/C11H15N5O2/c1-6-4-8(15-18-6)5-16(3)11(17)10-9(12)7(2)13-14-10/h4H,5,12H2,1-3H3,(H,13,14). The Morgan fingerprint density at radius 2 is 2.28 bits per heavy atom. The number of nitrogens with one attached hydrogen (secondary N) is 1. The van der Waals surface area contributed by atoms with Crippen LogP contribution >= 0.6 is 0 Å². The highest BCUT2D eigenvalue weighted by atomic mass is 16.5. The van der Waals surface area contributed by atoms with E-state index in [0.717, 1.165) is 0 Å². The second-order valence-corrected chi connectivity index (χ2v) is 4.20. The topological polar surface area (TPSA) is 101 Å². The number of rotatable bonds is 3. The van der Waals surface area contributed by atoms with Crippen molar-refractivity contribution in [2.75, 3.05) is 12.8 Å². The summed E-state index contributed by atoms with van der Waals surface area (Å²) in [6, 6.07) is 1.78. The van der Waals surface area contributed by atoms with Gasteiger partial charge < -0.3 is 15.2 Å². The lowest BCUT2D eigenvalue weighted by atomic mass is 10.2. The van der Waals surface area contributed by atoms with Gasteiger partial charge in [-0.25, -0.2) is 0 Å². The summed E-state index contributed by atoms with van der Waals surface area (Å²) < 4.78 is 4.94. The number of nitrogen functional groups attached to an aromatic ring is 1. The van der Waals surface area contributed by atoms with E-state index in [0.29, 0.717) is 29.4 Å². The number of carbonyl (C=O) groups excluding carboxylic acids is 1. The Morgan fingerprint density at radius 3 is 2.78 bits per heavy atom. The Bertz CT molecular complexity index is 572. The van der Waals surface area contributed by atoms with Crippen LogP contribution in [0.3, 0.4) is 0 Å². The molecule has 0 bridgehead atoms. The number of carbonyl (C=O) groups is 1. The van der Waals surface area contributed by atoms with Gasteiger partial charge in [0.2, 0.25) is 0 Å². The summed E-state index contributed by atoms with van der Waals surface area (Å²) >= 11 is 0. The molecule has 0 spiro atoms. The molecule has 0 fully saturated rings. The van der Waals surface area contributed by atoms with E-state index in [1.165, 1.54) is 4.90 Å². The maximum absolute atomic E-state index is 12.1. The van der Waals surface area contributed by atoms with Crippen molar-refractivity contribution < 1.29 is 9.32 Å². The van der Waals surface area contributed by atoms with Crippen LogP contribution in [0.2, 0.25) is 0 Å². The first kappa shape index (κ1) is 12.2. The Morgan fingerprint density at radius 1 is 1.56 bits per heavy atom. The Balaban J connectivity index is 2.12. The van der Waals surface area contributed by atoms with Crippen molar-refractivity contribution in [1.82, 2.24) is 20.3 Å². The van der Waals surface area contributed by atoms with Gasteiger partial charge in [0.05, 0.1) is 17.9 Å². The maximum Gasteiger partial charge on any atom is 0.276 e. The molecular weight excluding hydrogens is 234 g/mol. The second kappa shape index (κ2) is 4.52. The van der Waals surface area contributed by atoms with Crippen LogP contribution in [-0.4, -0.2) is 33.2 Å². The van der Waals surface area contributed by atoms with Gasteiger partial charge in [0.25, 0.3) is 5.91 Å². The third kappa shape index (κ3) is 2.20. The summed E-state index contributed by atoms with van der Waals surface area (Å²) in [6.07, 6.45) is 0. The Kier molecular flexibility index (Phi) is 3.05. The molecular formula is C11H15N5O2. The number of amides is 1. The van der Waals surface area contributed by atoms with E-state index in [4.69, 9.17) is 10.3 Å². The molecule has 0 saturated heterocycles. The Labute approximate surface area is 104 Å². The van der Waals surface area contributed by atoms with Crippen LogP contribution in [0.1, 0.15) is 27.6 Å². The van der Waals surface area contributed by atoms with Crippen molar-refractivity contribution in [3.05, 3.63) is 28.9 Å². The smallest absolute Gasteiger partial charge is 0.276 e. The highest BCUT2D eigenvalue weighted by molar-refractivity contribution is 5.97. The van der Waals surface area contributed by atoms with Crippen molar-refractivity contribution in [1.29, 1.82) is 0 Å². The van der Waals surface area contributed by atoms with Crippen LogP contribution < -0.4 is 5.73 Å². The van der Waals surface area contributed by atoms with E-state index < -0.39 is 0 Å². The van der Waals surface area contributed by atoms with Gasteiger partial charge in [0, 0.05) is 13.1 Å². The minimum absolute atomic E-state index is 0.232. The van der Waals surface area contributed by atoms with E-state index in [2.05, 4.69) is 15.4 Å². The lowest BCUT2D eigenvalue weighted by Gasteiger charge is -2.14. The lowest BCUT2D eigenvalue weighted by Crippen LogP contribution is -2.27. The maximum atomic E-state index is 12.1. The van der Waals surface area contributed by atoms with Gasteiger partial charge in [-0.15, -0.1) is 0 Å². The fourth-order valence-electron chi connectivity index (χ4n) is 1.59. The van der Waals surface area contributed by atoms with Crippen LogP contribution in [0.15, 0.2) is 10.6 Å². The predicted octanol–water partition coefficient (Wildman–Crippen LogP) is 0.869. The Hall–Kier alpha value is -2.31. The van der Waals surface area contributed by atoms with Crippen molar-refractivity contribution in [2.24, 2.45) is 0 Å². The number of anilines is 1. The largest absolute Gasteiger partial charge is 0.395 e. The van der Waals surface area contributed by atoms with Crippen molar-refractivity contribution >= 4 is 11.6 Å². The number of nitrogens with zero attached hydrogens (tertiary/aromatic N) is 3. The zero-order valence-electron chi connectivity index (χ0n) is 10.5. The first-order valence-corrected chi connectivity index (χ1v) is 5.47.